The lowest BCUT2D eigenvalue weighted by atomic mass is 10.2. The molecule has 0 amide bonds. The van der Waals surface area contributed by atoms with Gasteiger partial charge in [-0.25, -0.2) is 8.42 Å². The van der Waals surface area contributed by atoms with Crippen LogP contribution >= 0.6 is 22.9 Å². The number of nitrogens with one attached hydrogen (secondary N) is 1. The van der Waals surface area contributed by atoms with E-state index in [1.807, 2.05) is 29.9 Å². The van der Waals surface area contributed by atoms with Crippen molar-refractivity contribution in [3.8, 4) is 0 Å². The van der Waals surface area contributed by atoms with Gasteiger partial charge in [-0.2, -0.15) is 15.6 Å². The maximum absolute atomic E-state index is 12.7. The molecule has 0 aliphatic carbocycles. The lowest BCUT2D eigenvalue weighted by Gasteiger charge is -2.18. The zero-order chi connectivity index (χ0) is 15.5. The van der Waals surface area contributed by atoms with Gasteiger partial charge < -0.3 is 5.32 Å². The van der Waals surface area contributed by atoms with Gasteiger partial charge in [-0.05, 0) is 47.1 Å². The van der Waals surface area contributed by atoms with Gasteiger partial charge in [-0.15, -0.1) is 0 Å². The lowest BCUT2D eigenvalue weighted by Crippen LogP contribution is -2.26. The fraction of sp³-hybridized carbons (Fsp3) is 0.286. The third-order valence-corrected chi connectivity index (χ3v) is 6.07. The predicted molar refractivity (Wildman–Crippen MR) is 87.2 cm³/mol. The zero-order valence-corrected chi connectivity index (χ0v) is 14.2. The highest BCUT2D eigenvalue weighted by Crippen LogP contribution is 2.26. The Balaban J connectivity index is 2.31. The van der Waals surface area contributed by atoms with Gasteiger partial charge in [0.15, 0.2) is 0 Å². The van der Waals surface area contributed by atoms with Gasteiger partial charge in [0, 0.05) is 20.1 Å². The van der Waals surface area contributed by atoms with Crippen LogP contribution < -0.4 is 5.32 Å². The average molecular weight is 345 g/mol. The summed E-state index contributed by atoms with van der Waals surface area (Å²) in [5.41, 5.74) is 1.85. The van der Waals surface area contributed by atoms with Crippen molar-refractivity contribution in [3.05, 3.63) is 51.2 Å². The van der Waals surface area contributed by atoms with Crippen molar-refractivity contribution in [3.63, 3.8) is 0 Å². The van der Waals surface area contributed by atoms with Crippen LogP contribution in [0.1, 0.15) is 11.1 Å². The summed E-state index contributed by atoms with van der Waals surface area (Å²) in [6.45, 7) is 0.923. The molecule has 1 heterocycles. The molecule has 114 valence electrons. The molecule has 0 fully saturated rings. The highest BCUT2D eigenvalue weighted by atomic mass is 35.5. The highest BCUT2D eigenvalue weighted by Gasteiger charge is 2.24. The summed E-state index contributed by atoms with van der Waals surface area (Å²) < 4.78 is 26.6. The number of hydrogen-bond acceptors (Lipinski definition) is 4. The fourth-order valence-electron chi connectivity index (χ4n) is 1.95. The molecule has 2 rings (SSSR count). The van der Waals surface area contributed by atoms with Crippen LogP contribution in [0.5, 0.6) is 0 Å². The van der Waals surface area contributed by atoms with Gasteiger partial charge in [0.25, 0.3) is 0 Å². The molecule has 4 nitrogen and oxygen atoms in total. The van der Waals surface area contributed by atoms with Gasteiger partial charge >= 0.3 is 0 Å². The van der Waals surface area contributed by atoms with Gasteiger partial charge in [0.1, 0.15) is 4.90 Å². The first-order valence-electron chi connectivity index (χ1n) is 6.35. The molecule has 1 aromatic carbocycles. The van der Waals surface area contributed by atoms with Crippen LogP contribution in [0.2, 0.25) is 5.02 Å². The zero-order valence-electron chi connectivity index (χ0n) is 11.8. The van der Waals surface area contributed by atoms with E-state index in [0.717, 1.165) is 11.1 Å². The number of nitrogens with zero attached hydrogens (tertiary/aromatic N) is 1. The van der Waals surface area contributed by atoms with Crippen LogP contribution in [-0.4, -0.2) is 26.8 Å². The number of benzene rings is 1. The molecule has 0 aliphatic rings. The van der Waals surface area contributed by atoms with E-state index in [2.05, 4.69) is 5.32 Å². The maximum Gasteiger partial charge on any atom is 0.244 e. The Hall–Kier alpha value is -0.920. The summed E-state index contributed by atoms with van der Waals surface area (Å²) in [7, 11) is -0.234. The largest absolute Gasteiger partial charge is 0.316 e. The topological polar surface area (TPSA) is 49.4 Å². The van der Waals surface area contributed by atoms with E-state index in [1.165, 1.54) is 4.31 Å². The number of sulfonamides is 1. The summed E-state index contributed by atoms with van der Waals surface area (Å²) >= 11 is 7.63. The summed E-state index contributed by atoms with van der Waals surface area (Å²) in [5, 5.41) is 7.10. The van der Waals surface area contributed by atoms with Crippen LogP contribution in [0.15, 0.2) is 39.9 Å². The van der Waals surface area contributed by atoms with Crippen LogP contribution in [0.3, 0.4) is 0 Å². The summed E-state index contributed by atoms with van der Waals surface area (Å²) in [4.78, 5) is 0.148. The molecule has 7 heteroatoms. The second-order valence-corrected chi connectivity index (χ2v) is 7.89. The Bertz CT molecular complexity index is 700. The molecule has 1 N–H and O–H groups in total. The van der Waals surface area contributed by atoms with Gasteiger partial charge in [0.2, 0.25) is 10.0 Å². The van der Waals surface area contributed by atoms with E-state index in [-0.39, 0.29) is 9.92 Å². The molecular weight excluding hydrogens is 328 g/mol. The minimum absolute atomic E-state index is 0.148. The SMILES string of the molecule is CNCc1ccc(Cl)c(S(=O)(=O)N(C)Cc2ccsc2)c1. The van der Waals surface area contributed by atoms with Gasteiger partial charge in [-0.1, -0.05) is 17.7 Å². The highest BCUT2D eigenvalue weighted by molar-refractivity contribution is 7.89. The molecule has 0 spiro atoms. The first-order chi connectivity index (χ1) is 9.95. The fourth-order valence-corrected chi connectivity index (χ4v) is 4.29. The first-order valence-corrected chi connectivity index (χ1v) is 9.11. The third-order valence-electron chi connectivity index (χ3n) is 3.05. The Morgan fingerprint density at radius 1 is 1.29 bits per heavy atom. The monoisotopic (exact) mass is 344 g/mol. The molecular formula is C14H17ClN2O2S2. The maximum atomic E-state index is 12.7. The molecule has 0 radical (unpaired) electrons. The van der Waals surface area contributed by atoms with Crippen LogP contribution in [0.4, 0.5) is 0 Å². The summed E-state index contributed by atoms with van der Waals surface area (Å²) in [6.07, 6.45) is 0. The molecule has 0 bridgehead atoms. The molecule has 2 aromatic rings. The first kappa shape index (κ1) is 16.5. The minimum Gasteiger partial charge on any atom is -0.316 e. The molecule has 21 heavy (non-hydrogen) atoms. The number of thiophene rings is 1. The van der Waals surface area contributed by atoms with Crippen molar-refractivity contribution in [1.82, 2.24) is 9.62 Å². The second kappa shape index (κ2) is 6.89. The van der Waals surface area contributed by atoms with E-state index in [0.29, 0.717) is 13.1 Å². The Labute approximate surface area is 134 Å². The van der Waals surface area contributed by atoms with E-state index >= 15 is 0 Å². The van der Waals surface area contributed by atoms with E-state index in [1.54, 1.807) is 30.5 Å². The van der Waals surface area contributed by atoms with E-state index in [4.69, 9.17) is 11.6 Å². The van der Waals surface area contributed by atoms with Crippen molar-refractivity contribution in [2.24, 2.45) is 0 Å². The number of rotatable bonds is 6. The lowest BCUT2D eigenvalue weighted by molar-refractivity contribution is 0.467. The third kappa shape index (κ3) is 3.84. The molecule has 0 unspecified atom stereocenters. The molecule has 0 aliphatic heterocycles. The summed E-state index contributed by atoms with van der Waals surface area (Å²) in [5.74, 6) is 0. The van der Waals surface area contributed by atoms with Crippen LogP contribution in [-0.2, 0) is 23.1 Å². The van der Waals surface area contributed by atoms with Crippen LogP contribution in [0, 0.1) is 0 Å². The van der Waals surface area contributed by atoms with Gasteiger partial charge in [0.05, 0.1) is 5.02 Å². The smallest absolute Gasteiger partial charge is 0.244 e. The van der Waals surface area contributed by atoms with Crippen molar-refractivity contribution in [2.75, 3.05) is 14.1 Å². The Morgan fingerprint density at radius 3 is 2.67 bits per heavy atom. The predicted octanol–water partition coefficient (Wildman–Crippen LogP) is 2.94. The number of hydrogen-bond donors (Lipinski definition) is 1. The van der Waals surface area contributed by atoms with Crippen LogP contribution in [0.25, 0.3) is 0 Å². The normalized spacial score (nSPS) is 12.0. The van der Waals surface area contributed by atoms with Gasteiger partial charge in [-0.3, -0.25) is 0 Å². The Morgan fingerprint density at radius 2 is 2.05 bits per heavy atom. The van der Waals surface area contributed by atoms with Crippen molar-refractivity contribution in [2.45, 2.75) is 18.0 Å². The quantitative estimate of drug-likeness (QED) is 0.876. The molecule has 1 aromatic heterocycles. The molecule has 0 saturated heterocycles. The van der Waals surface area contributed by atoms with Crippen molar-refractivity contribution < 1.29 is 8.42 Å². The van der Waals surface area contributed by atoms with E-state index in [9.17, 15) is 8.42 Å². The van der Waals surface area contributed by atoms with E-state index < -0.39 is 10.0 Å². The summed E-state index contributed by atoms with van der Waals surface area (Å²) in [6, 6.07) is 6.98. The standard InChI is InChI=1S/C14H17ClN2O2S2/c1-16-8-11-3-4-13(15)14(7-11)21(18,19)17(2)9-12-5-6-20-10-12/h3-7,10,16H,8-9H2,1-2H3. The molecule has 0 atom stereocenters. The average Bonchev–Trinajstić information content (AvgIpc) is 2.94. The van der Waals surface area contributed by atoms with Crippen molar-refractivity contribution >= 4 is 33.0 Å². The minimum atomic E-state index is -3.61. The molecule has 0 saturated carbocycles. The Kier molecular flexibility index (Phi) is 5.40. The van der Waals surface area contributed by atoms with Crippen molar-refractivity contribution in [1.29, 1.82) is 0 Å². The number of halogens is 1. The second-order valence-electron chi connectivity index (χ2n) is 4.69.